The number of ether oxygens (including phenoxy) is 1. The maximum atomic E-state index is 12.8. The molecule has 4 aromatic rings. The van der Waals surface area contributed by atoms with Gasteiger partial charge in [0.2, 0.25) is 0 Å². The minimum atomic E-state index is -0.115. The van der Waals surface area contributed by atoms with Crippen LogP contribution in [0.15, 0.2) is 66.7 Å². The molecule has 0 unspecified atom stereocenters. The molecule has 6 nitrogen and oxygen atoms in total. The van der Waals surface area contributed by atoms with Gasteiger partial charge < -0.3 is 15.0 Å². The van der Waals surface area contributed by atoms with E-state index in [1.165, 1.54) is 15.8 Å². The van der Waals surface area contributed by atoms with Gasteiger partial charge in [-0.05, 0) is 55.3 Å². The lowest BCUT2D eigenvalue weighted by Crippen LogP contribution is -2.48. The van der Waals surface area contributed by atoms with Gasteiger partial charge >= 0.3 is 0 Å². The van der Waals surface area contributed by atoms with Crippen LogP contribution in [0.3, 0.4) is 0 Å². The van der Waals surface area contributed by atoms with Crippen LogP contribution in [0.5, 0.6) is 11.5 Å². The molecule has 1 amide bonds. The van der Waals surface area contributed by atoms with Gasteiger partial charge in [0.15, 0.2) is 5.13 Å². The SMILES string of the molecule is Cc1ccc2sc(N3CCN(CCNC(=O)c4ccccc4Oc4ccccc4)CC3)nc2c1C. The second-order valence-corrected chi connectivity index (χ2v) is 9.86. The molecule has 1 aliphatic heterocycles. The third kappa shape index (κ3) is 5.31. The van der Waals surface area contributed by atoms with Crippen LogP contribution in [-0.4, -0.2) is 55.1 Å². The van der Waals surface area contributed by atoms with Crippen molar-refractivity contribution in [1.29, 1.82) is 0 Å². The molecular formula is C28H30N4O2S. The van der Waals surface area contributed by atoms with Gasteiger partial charge in [0.05, 0.1) is 15.8 Å². The molecule has 0 aliphatic carbocycles. The van der Waals surface area contributed by atoms with E-state index in [0.717, 1.165) is 43.4 Å². The molecule has 1 N–H and O–H groups in total. The maximum absolute atomic E-state index is 12.8. The molecule has 5 rings (SSSR count). The topological polar surface area (TPSA) is 57.7 Å². The van der Waals surface area contributed by atoms with Crippen molar-refractivity contribution in [3.05, 3.63) is 83.4 Å². The smallest absolute Gasteiger partial charge is 0.255 e. The van der Waals surface area contributed by atoms with Gasteiger partial charge in [0.1, 0.15) is 11.5 Å². The van der Waals surface area contributed by atoms with Crippen molar-refractivity contribution in [2.45, 2.75) is 13.8 Å². The van der Waals surface area contributed by atoms with Crippen LogP contribution in [0, 0.1) is 13.8 Å². The molecule has 7 heteroatoms. The van der Waals surface area contributed by atoms with Crippen LogP contribution in [-0.2, 0) is 0 Å². The van der Waals surface area contributed by atoms with E-state index in [-0.39, 0.29) is 5.91 Å². The van der Waals surface area contributed by atoms with Crippen molar-refractivity contribution >= 4 is 32.6 Å². The van der Waals surface area contributed by atoms with Gasteiger partial charge in [-0.15, -0.1) is 0 Å². The number of amides is 1. The molecule has 0 atom stereocenters. The minimum Gasteiger partial charge on any atom is -0.457 e. The Bertz CT molecular complexity index is 1310. The fraction of sp³-hybridized carbons (Fsp3) is 0.286. The van der Waals surface area contributed by atoms with Crippen molar-refractivity contribution in [3.63, 3.8) is 0 Å². The standard InChI is InChI=1S/C28H30N4O2S/c1-20-12-13-25-26(21(20)2)30-28(35-25)32-18-16-31(17-19-32)15-14-29-27(33)23-10-6-7-11-24(23)34-22-8-4-3-5-9-22/h3-13H,14-19H2,1-2H3,(H,29,33). The van der Waals surface area contributed by atoms with Crippen LogP contribution in [0.2, 0.25) is 0 Å². The molecule has 1 aromatic heterocycles. The Kier molecular flexibility index (Phi) is 6.97. The number of nitrogens with one attached hydrogen (secondary N) is 1. The fourth-order valence-electron chi connectivity index (χ4n) is 4.29. The lowest BCUT2D eigenvalue weighted by atomic mass is 10.1. The Morgan fingerprint density at radius 2 is 1.71 bits per heavy atom. The summed E-state index contributed by atoms with van der Waals surface area (Å²) in [4.78, 5) is 22.6. The van der Waals surface area contributed by atoms with E-state index in [1.54, 1.807) is 17.4 Å². The van der Waals surface area contributed by atoms with Crippen molar-refractivity contribution < 1.29 is 9.53 Å². The van der Waals surface area contributed by atoms with E-state index in [4.69, 9.17) is 9.72 Å². The predicted octanol–water partition coefficient (Wildman–Crippen LogP) is 5.26. The summed E-state index contributed by atoms with van der Waals surface area (Å²) in [5.74, 6) is 1.16. The molecule has 35 heavy (non-hydrogen) atoms. The number of hydrogen-bond acceptors (Lipinski definition) is 6. The van der Waals surface area contributed by atoms with E-state index >= 15 is 0 Å². The molecule has 180 valence electrons. The number of fused-ring (bicyclic) bond motifs is 1. The number of benzene rings is 3. The quantitative estimate of drug-likeness (QED) is 0.386. The summed E-state index contributed by atoms with van der Waals surface area (Å²) in [5.41, 5.74) is 4.24. The zero-order chi connectivity index (χ0) is 24.2. The largest absolute Gasteiger partial charge is 0.457 e. The lowest BCUT2D eigenvalue weighted by Gasteiger charge is -2.34. The number of anilines is 1. The third-order valence-corrected chi connectivity index (χ3v) is 7.61. The molecule has 0 bridgehead atoms. The number of aromatic nitrogens is 1. The average Bonchev–Trinajstić information content (AvgIpc) is 3.33. The van der Waals surface area contributed by atoms with Crippen molar-refractivity contribution in [3.8, 4) is 11.5 Å². The average molecular weight is 487 g/mol. The lowest BCUT2D eigenvalue weighted by molar-refractivity contribution is 0.0945. The summed E-state index contributed by atoms with van der Waals surface area (Å²) >= 11 is 1.78. The fourth-order valence-corrected chi connectivity index (χ4v) is 5.37. The Labute approximate surface area is 210 Å². The third-order valence-electron chi connectivity index (χ3n) is 6.53. The normalized spacial score (nSPS) is 14.3. The van der Waals surface area contributed by atoms with Crippen LogP contribution in [0.1, 0.15) is 21.5 Å². The van der Waals surface area contributed by atoms with Gasteiger partial charge in [0, 0.05) is 39.3 Å². The predicted molar refractivity (Wildman–Crippen MR) is 143 cm³/mol. The van der Waals surface area contributed by atoms with Gasteiger partial charge in [-0.25, -0.2) is 4.98 Å². The van der Waals surface area contributed by atoms with Crippen molar-refractivity contribution in [2.24, 2.45) is 0 Å². The summed E-state index contributed by atoms with van der Waals surface area (Å²) in [6.45, 7) is 9.51. The number of piperazine rings is 1. The highest BCUT2D eigenvalue weighted by atomic mass is 32.1. The molecule has 3 aromatic carbocycles. The van der Waals surface area contributed by atoms with E-state index in [2.05, 4.69) is 41.1 Å². The molecule has 0 radical (unpaired) electrons. The molecule has 1 fully saturated rings. The van der Waals surface area contributed by atoms with Crippen LogP contribution >= 0.6 is 11.3 Å². The first-order chi connectivity index (χ1) is 17.1. The Morgan fingerprint density at radius 1 is 0.971 bits per heavy atom. The summed E-state index contributed by atoms with van der Waals surface area (Å²) in [6, 6.07) is 21.2. The van der Waals surface area contributed by atoms with Crippen LogP contribution in [0.4, 0.5) is 5.13 Å². The van der Waals surface area contributed by atoms with Crippen LogP contribution < -0.4 is 15.0 Å². The van der Waals surface area contributed by atoms with Gasteiger partial charge in [-0.1, -0.05) is 47.7 Å². The van der Waals surface area contributed by atoms with Crippen LogP contribution in [0.25, 0.3) is 10.2 Å². The molecule has 2 heterocycles. The highest BCUT2D eigenvalue weighted by Crippen LogP contribution is 2.32. The summed E-state index contributed by atoms with van der Waals surface area (Å²) in [6.07, 6.45) is 0. The molecule has 0 saturated carbocycles. The first-order valence-corrected chi connectivity index (χ1v) is 12.8. The zero-order valence-electron chi connectivity index (χ0n) is 20.2. The van der Waals surface area contributed by atoms with Gasteiger partial charge in [-0.3, -0.25) is 9.69 Å². The number of carbonyl (C=O) groups excluding carboxylic acids is 1. The van der Waals surface area contributed by atoms with Crippen molar-refractivity contribution in [1.82, 2.24) is 15.2 Å². The Morgan fingerprint density at radius 3 is 2.51 bits per heavy atom. The first-order valence-electron chi connectivity index (χ1n) is 12.0. The molecule has 1 aliphatic rings. The van der Waals surface area contributed by atoms with E-state index in [9.17, 15) is 4.79 Å². The second-order valence-electron chi connectivity index (χ2n) is 8.85. The molecule has 1 saturated heterocycles. The minimum absolute atomic E-state index is 0.115. The van der Waals surface area contributed by atoms with E-state index in [0.29, 0.717) is 23.6 Å². The van der Waals surface area contributed by atoms with Gasteiger partial charge in [-0.2, -0.15) is 0 Å². The molecule has 0 spiro atoms. The summed E-state index contributed by atoms with van der Waals surface area (Å²) in [7, 11) is 0. The molecular weight excluding hydrogens is 456 g/mol. The highest BCUT2D eigenvalue weighted by molar-refractivity contribution is 7.22. The number of thiazole rings is 1. The zero-order valence-corrected chi connectivity index (χ0v) is 21.0. The summed E-state index contributed by atoms with van der Waals surface area (Å²) in [5, 5.41) is 4.17. The monoisotopic (exact) mass is 486 g/mol. The number of aryl methyl sites for hydroxylation is 2. The Hall–Kier alpha value is -3.42. The number of nitrogens with zero attached hydrogens (tertiary/aromatic N) is 3. The number of carbonyl (C=O) groups is 1. The maximum Gasteiger partial charge on any atom is 0.255 e. The number of hydrogen-bond donors (Lipinski definition) is 1. The number of rotatable bonds is 7. The first kappa shape index (κ1) is 23.3. The highest BCUT2D eigenvalue weighted by Gasteiger charge is 2.21. The Balaban J connectivity index is 1.12. The van der Waals surface area contributed by atoms with E-state index in [1.807, 2.05) is 48.5 Å². The number of para-hydroxylation sites is 2. The van der Waals surface area contributed by atoms with Gasteiger partial charge in [0.25, 0.3) is 5.91 Å². The summed E-state index contributed by atoms with van der Waals surface area (Å²) < 4.78 is 7.19. The van der Waals surface area contributed by atoms with Crippen molar-refractivity contribution in [2.75, 3.05) is 44.2 Å². The second kappa shape index (κ2) is 10.5. The van der Waals surface area contributed by atoms with E-state index < -0.39 is 0 Å².